The van der Waals surface area contributed by atoms with E-state index in [1.807, 2.05) is 7.05 Å². The fourth-order valence-corrected chi connectivity index (χ4v) is 3.78. The number of ether oxygens (including phenoxy) is 1. The number of nitrogens with zero attached hydrogens (tertiary/aromatic N) is 2. The Morgan fingerprint density at radius 2 is 1.96 bits per heavy atom. The molecule has 1 aliphatic heterocycles. The molecule has 1 unspecified atom stereocenters. The van der Waals surface area contributed by atoms with Crippen LogP contribution in [0.15, 0.2) is 46.8 Å². The maximum atomic E-state index is 5.53. The first-order chi connectivity index (χ1) is 12.8. The number of aryl methyl sites for hydroxylation is 1. The molecule has 26 heavy (non-hydrogen) atoms. The summed E-state index contributed by atoms with van der Waals surface area (Å²) in [5, 5.41) is 9.00. The van der Waals surface area contributed by atoms with Crippen LogP contribution >= 0.6 is 11.3 Å². The van der Waals surface area contributed by atoms with Gasteiger partial charge in [0.15, 0.2) is 5.96 Å². The van der Waals surface area contributed by atoms with Crippen LogP contribution in [0.4, 0.5) is 0 Å². The van der Waals surface area contributed by atoms with Gasteiger partial charge in [0.1, 0.15) is 0 Å². The maximum Gasteiger partial charge on any atom is 0.191 e. The maximum absolute atomic E-state index is 5.53. The second kappa shape index (κ2) is 9.71. The second-order valence-electron chi connectivity index (χ2n) is 6.46. The molecule has 1 fully saturated rings. The number of thiophene rings is 1. The fraction of sp³-hybridized carbons (Fsp3) is 0.450. The lowest BCUT2D eigenvalue weighted by molar-refractivity contribution is 0.0170. The summed E-state index contributed by atoms with van der Waals surface area (Å²) >= 11 is 1.75. The van der Waals surface area contributed by atoms with Crippen LogP contribution in [0.2, 0.25) is 0 Å². The summed E-state index contributed by atoms with van der Waals surface area (Å²) in [6.45, 7) is 7.25. The average Bonchev–Trinajstić information content (AvgIpc) is 3.20. The molecule has 5 nitrogen and oxygen atoms in total. The van der Waals surface area contributed by atoms with Crippen LogP contribution in [-0.4, -0.2) is 50.8 Å². The number of benzene rings is 1. The van der Waals surface area contributed by atoms with E-state index in [-0.39, 0.29) is 0 Å². The minimum absolute atomic E-state index is 0.305. The van der Waals surface area contributed by atoms with E-state index >= 15 is 0 Å². The fourth-order valence-electron chi connectivity index (χ4n) is 3.13. The Balaban J connectivity index is 1.63. The minimum atomic E-state index is 0.305. The van der Waals surface area contributed by atoms with Gasteiger partial charge in [0.25, 0.3) is 0 Å². The van der Waals surface area contributed by atoms with E-state index in [9.17, 15) is 0 Å². The molecule has 1 saturated heterocycles. The van der Waals surface area contributed by atoms with E-state index in [0.717, 1.165) is 45.4 Å². The number of guanidine groups is 1. The standard InChI is InChI=1S/C20H28N4OS/c1-16-5-7-17(8-6-16)19(24-9-11-25-12-10-24)15-23-20(21-2)22-14-18-4-3-13-26-18/h3-8,13,19H,9-12,14-15H2,1-2H3,(H2,21,22,23). The van der Waals surface area contributed by atoms with Crippen molar-refractivity contribution in [1.82, 2.24) is 15.5 Å². The third-order valence-corrected chi connectivity index (χ3v) is 5.52. The molecule has 1 aromatic carbocycles. The van der Waals surface area contributed by atoms with E-state index in [1.165, 1.54) is 16.0 Å². The number of hydrogen-bond donors (Lipinski definition) is 2. The van der Waals surface area contributed by atoms with Crippen molar-refractivity contribution in [2.75, 3.05) is 39.9 Å². The number of nitrogens with one attached hydrogen (secondary N) is 2. The molecule has 1 atom stereocenters. The molecule has 0 aliphatic carbocycles. The van der Waals surface area contributed by atoms with Gasteiger partial charge in [-0.3, -0.25) is 9.89 Å². The quantitative estimate of drug-likeness (QED) is 0.605. The predicted molar refractivity (Wildman–Crippen MR) is 109 cm³/mol. The van der Waals surface area contributed by atoms with Crippen molar-refractivity contribution >= 4 is 17.3 Å². The van der Waals surface area contributed by atoms with Crippen molar-refractivity contribution in [1.29, 1.82) is 0 Å². The van der Waals surface area contributed by atoms with Crippen LogP contribution < -0.4 is 10.6 Å². The summed E-state index contributed by atoms with van der Waals surface area (Å²) in [7, 11) is 1.82. The summed E-state index contributed by atoms with van der Waals surface area (Å²) in [4.78, 5) is 8.16. The Bertz CT molecular complexity index is 678. The van der Waals surface area contributed by atoms with Crippen LogP contribution in [0, 0.1) is 6.92 Å². The van der Waals surface area contributed by atoms with Gasteiger partial charge in [-0.25, -0.2) is 0 Å². The molecule has 0 bridgehead atoms. The van der Waals surface area contributed by atoms with E-state index in [2.05, 4.69) is 69.2 Å². The molecule has 3 rings (SSSR count). The highest BCUT2D eigenvalue weighted by Gasteiger charge is 2.22. The summed E-state index contributed by atoms with van der Waals surface area (Å²) in [6, 6.07) is 13.4. The van der Waals surface area contributed by atoms with Crippen LogP contribution in [0.1, 0.15) is 22.0 Å². The van der Waals surface area contributed by atoms with Gasteiger partial charge in [0.2, 0.25) is 0 Å². The number of aliphatic imine (C=N–C) groups is 1. The summed E-state index contributed by atoms with van der Waals surface area (Å²) in [5.41, 5.74) is 2.62. The third-order valence-electron chi connectivity index (χ3n) is 4.65. The number of morpholine rings is 1. The Kier molecular flexibility index (Phi) is 7.05. The van der Waals surface area contributed by atoms with Gasteiger partial charge in [0.05, 0.1) is 25.8 Å². The van der Waals surface area contributed by atoms with Crippen LogP contribution in [0.3, 0.4) is 0 Å². The topological polar surface area (TPSA) is 48.9 Å². The van der Waals surface area contributed by atoms with Crippen molar-refractivity contribution in [2.45, 2.75) is 19.5 Å². The zero-order valence-electron chi connectivity index (χ0n) is 15.6. The van der Waals surface area contributed by atoms with E-state index in [0.29, 0.717) is 6.04 Å². The van der Waals surface area contributed by atoms with Gasteiger partial charge < -0.3 is 15.4 Å². The summed E-state index contributed by atoms with van der Waals surface area (Å²) < 4.78 is 5.53. The smallest absolute Gasteiger partial charge is 0.191 e. The Morgan fingerprint density at radius 1 is 1.19 bits per heavy atom. The Morgan fingerprint density at radius 3 is 2.62 bits per heavy atom. The van der Waals surface area contributed by atoms with Crippen LogP contribution in [0.5, 0.6) is 0 Å². The first-order valence-corrected chi connectivity index (χ1v) is 9.99. The second-order valence-corrected chi connectivity index (χ2v) is 7.49. The molecule has 0 spiro atoms. The zero-order chi connectivity index (χ0) is 18.2. The molecule has 2 N–H and O–H groups in total. The highest BCUT2D eigenvalue weighted by atomic mass is 32.1. The molecule has 0 radical (unpaired) electrons. The normalized spacial score (nSPS) is 17.1. The van der Waals surface area contributed by atoms with Crippen LogP contribution in [-0.2, 0) is 11.3 Å². The molecule has 2 heterocycles. The van der Waals surface area contributed by atoms with Crippen molar-refractivity contribution in [2.24, 2.45) is 4.99 Å². The Labute approximate surface area is 160 Å². The summed E-state index contributed by atoms with van der Waals surface area (Å²) in [6.07, 6.45) is 0. The first kappa shape index (κ1) is 18.9. The zero-order valence-corrected chi connectivity index (χ0v) is 16.4. The molecule has 2 aromatic rings. The minimum Gasteiger partial charge on any atom is -0.379 e. The van der Waals surface area contributed by atoms with Crippen molar-refractivity contribution < 1.29 is 4.74 Å². The van der Waals surface area contributed by atoms with Gasteiger partial charge in [-0.05, 0) is 23.9 Å². The van der Waals surface area contributed by atoms with Crippen LogP contribution in [0.25, 0.3) is 0 Å². The highest BCUT2D eigenvalue weighted by Crippen LogP contribution is 2.21. The average molecular weight is 373 g/mol. The predicted octanol–water partition coefficient (Wildman–Crippen LogP) is 2.80. The lowest BCUT2D eigenvalue weighted by Gasteiger charge is -2.35. The first-order valence-electron chi connectivity index (χ1n) is 9.11. The molecule has 1 aromatic heterocycles. The number of rotatable bonds is 6. The molecule has 140 valence electrons. The number of hydrogen-bond acceptors (Lipinski definition) is 4. The summed E-state index contributed by atoms with van der Waals surface area (Å²) in [5.74, 6) is 0.837. The molecule has 6 heteroatoms. The monoisotopic (exact) mass is 372 g/mol. The SMILES string of the molecule is CN=C(NCc1cccs1)NCC(c1ccc(C)cc1)N1CCOCC1. The third kappa shape index (κ3) is 5.30. The Hall–Kier alpha value is -1.89. The van der Waals surface area contributed by atoms with Gasteiger partial charge in [0, 0.05) is 31.6 Å². The van der Waals surface area contributed by atoms with E-state index in [1.54, 1.807) is 11.3 Å². The molecule has 1 aliphatic rings. The van der Waals surface area contributed by atoms with Gasteiger partial charge in [-0.2, -0.15) is 0 Å². The van der Waals surface area contributed by atoms with E-state index in [4.69, 9.17) is 4.74 Å². The van der Waals surface area contributed by atoms with Crippen molar-refractivity contribution in [3.8, 4) is 0 Å². The van der Waals surface area contributed by atoms with Gasteiger partial charge >= 0.3 is 0 Å². The van der Waals surface area contributed by atoms with Gasteiger partial charge in [-0.1, -0.05) is 35.9 Å². The van der Waals surface area contributed by atoms with Crippen molar-refractivity contribution in [3.05, 3.63) is 57.8 Å². The molecular weight excluding hydrogens is 344 g/mol. The van der Waals surface area contributed by atoms with Gasteiger partial charge in [-0.15, -0.1) is 11.3 Å². The van der Waals surface area contributed by atoms with E-state index < -0.39 is 0 Å². The lowest BCUT2D eigenvalue weighted by atomic mass is 10.0. The highest BCUT2D eigenvalue weighted by molar-refractivity contribution is 7.09. The molecule has 0 amide bonds. The van der Waals surface area contributed by atoms with Crippen molar-refractivity contribution in [3.63, 3.8) is 0 Å². The molecular formula is C20H28N4OS. The molecule has 0 saturated carbocycles. The lowest BCUT2D eigenvalue weighted by Crippen LogP contribution is -2.46. The largest absolute Gasteiger partial charge is 0.379 e.